The molecule has 1 N–H and O–H groups in total. The van der Waals surface area contributed by atoms with Gasteiger partial charge in [0.25, 0.3) is 0 Å². The summed E-state index contributed by atoms with van der Waals surface area (Å²) in [6.45, 7) is 7.54. The van der Waals surface area contributed by atoms with Gasteiger partial charge in [-0.15, -0.1) is 0 Å². The van der Waals surface area contributed by atoms with Crippen LogP contribution >= 0.6 is 15.9 Å². The van der Waals surface area contributed by atoms with Gasteiger partial charge in [0, 0.05) is 17.1 Å². The van der Waals surface area contributed by atoms with Crippen molar-refractivity contribution >= 4 is 15.9 Å². The molecule has 1 aliphatic carbocycles. The van der Waals surface area contributed by atoms with Crippen molar-refractivity contribution in [2.45, 2.75) is 52.3 Å². The molecule has 106 valence electrons. The molecule has 19 heavy (non-hydrogen) atoms. The first kappa shape index (κ1) is 14.7. The minimum Gasteiger partial charge on any atom is -0.490 e. The van der Waals surface area contributed by atoms with E-state index in [2.05, 4.69) is 27.3 Å². The fourth-order valence-electron chi connectivity index (χ4n) is 1.87. The highest BCUT2D eigenvalue weighted by atomic mass is 79.9. The smallest absolute Gasteiger partial charge is 0.162 e. The zero-order chi connectivity index (χ0) is 13.8. The van der Waals surface area contributed by atoms with Crippen LogP contribution in [0, 0.1) is 0 Å². The van der Waals surface area contributed by atoms with Crippen molar-refractivity contribution in [3.8, 4) is 11.5 Å². The summed E-state index contributed by atoms with van der Waals surface area (Å²) < 4.78 is 12.5. The van der Waals surface area contributed by atoms with E-state index in [4.69, 9.17) is 9.47 Å². The van der Waals surface area contributed by atoms with Crippen molar-refractivity contribution < 1.29 is 9.47 Å². The van der Waals surface area contributed by atoms with E-state index in [1.54, 1.807) is 0 Å². The van der Waals surface area contributed by atoms with E-state index in [-0.39, 0.29) is 6.10 Å². The minimum atomic E-state index is 0.140. The van der Waals surface area contributed by atoms with Gasteiger partial charge in [-0.05, 0) is 51.3 Å². The Kier molecular flexibility index (Phi) is 5.11. The number of halogens is 1. The summed E-state index contributed by atoms with van der Waals surface area (Å²) in [5.41, 5.74) is 1.21. The summed E-state index contributed by atoms with van der Waals surface area (Å²) in [7, 11) is 0. The fraction of sp³-hybridized carbons (Fsp3) is 0.600. The second kappa shape index (κ2) is 6.62. The number of rotatable bonds is 7. The minimum absolute atomic E-state index is 0.140. The molecule has 0 aromatic heterocycles. The van der Waals surface area contributed by atoms with Gasteiger partial charge in [-0.25, -0.2) is 0 Å². The topological polar surface area (TPSA) is 30.5 Å². The predicted octanol–water partition coefficient (Wildman–Crippen LogP) is 3.89. The molecule has 0 saturated heterocycles. The number of hydrogen-bond acceptors (Lipinski definition) is 3. The Hall–Kier alpha value is -0.740. The first-order chi connectivity index (χ1) is 9.10. The molecular formula is C15H22BrNO2. The molecule has 1 aliphatic rings. The van der Waals surface area contributed by atoms with E-state index in [9.17, 15) is 0 Å². The Bertz CT molecular complexity index is 430. The summed E-state index contributed by atoms with van der Waals surface area (Å²) in [5, 5.41) is 3.52. The summed E-state index contributed by atoms with van der Waals surface area (Å²) in [4.78, 5) is 0. The van der Waals surface area contributed by atoms with Crippen LogP contribution in [0.3, 0.4) is 0 Å². The molecule has 1 fully saturated rings. The van der Waals surface area contributed by atoms with E-state index in [1.807, 2.05) is 26.8 Å². The maximum atomic E-state index is 5.80. The molecule has 0 spiro atoms. The van der Waals surface area contributed by atoms with Gasteiger partial charge < -0.3 is 14.8 Å². The third kappa shape index (κ3) is 4.39. The second-order valence-corrected chi connectivity index (χ2v) is 6.00. The van der Waals surface area contributed by atoms with Crippen LogP contribution in [0.25, 0.3) is 0 Å². The molecule has 0 atom stereocenters. The number of ether oxygens (including phenoxy) is 2. The van der Waals surface area contributed by atoms with Crippen LogP contribution in [0.15, 0.2) is 16.6 Å². The summed E-state index contributed by atoms with van der Waals surface area (Å²) in [6.07, 6.45) is 2.73. The average molecular weight is 328 g/mol. The molecule has 4 heteroatoms. The first-order valence-corrected chi connectivity index (χ1v) is 7.74. The standard InChI is InChI=1S/C15H22BrNO2/c1-4-18-14-7-11(9-17-12-5-6-12)13(16)8-15(14)19-10(2)3/h7-8,10,12,17H,4-6,9H2,1-3H3. The molecule has 1 aromatic carbocycles. The maximum Gasteiger partial charge on any atom is 0.162 e. The van der Waals surface area contributed by atoms with Gasteiger partial charge in [0.15, 0.2) is 11.5 Å². The van der Waals surface area contributed by atoms with Gasteiger partial charge in [0.1, 0.15) is 0 Å². The van der Waals surface area contributed by atoms with Crippen molar-refractivity contribution in [2.75, 3.05) is 6.61 Å². The van der Waals surface area contributed by atoms with Gasteiger partial charge >= 0.3 is 0 Å². The van der Waals surface area contributed by atoms with Crippen LogP contribution in [0.2, 0.25) is 0 Å². The van der Waals surface area contributed by atoms with Crippen LogP contribution in [-0.2, 0) is 6.54 Å². The third-order valence-corrected chi connectivity index (χ3v) is 3.67. The highest BCUT2D eigenvalue weighted by molar-refractivity contribution is 9.10. The Balaban J connectivity index is 2.16. The Morgan fingerprint density at radius 2 is 2.05 bits per heavy atom. The molecule has 0 amide bonds. The molecule has 0 radical (unpaired) electrons. The average Bonchev–Trinajstić information content (AvgIpc) is 3.14. The molecule has 2 rings (SSSR count). The molecule has 1 saturated carbocycles. The third-order valence-electron chi connectivity index (χ3n) is 2.93. The lowest BCUT2D eigenvalue weighted by Crippen LogP contribution is -2.16. The SMILES string of the molecule is CCOc1cc(CNC2CC2)c(Br)cc1OC(C)C. The lowest BCUT2D eigenvalue weighted by Gasteiger charge is -2.17. The summed E-state index contributed by atoms with van der Waals surface area (Å²) >= 11 is 3.62. The number of hydrogen-bond donors (Lipinski definition) is 1. The van der Waals surface area contributed by atoms with Crippen molar-refractivity contribution in [1.29, 1.82) is 0 Å². The van der Waals surface area contributed by atoms with Crippen LogP contribution < -0.4 is 14.8 Å². The molecular weight excluding hydrogens is 306 g/mol. The van der Waals surface area contributed by atoms with E-state index in [0.717, 1.165) is 22.5 Å². The molecule has 1 aromatic rings. The normalized spacial score (nSPS) is 14.8. The van der Waals surface area contributed by atoms with Crippen molar-refractivity contribution in [3.05, 3.63) is 22.2 Å². The Morgan fingerprint density at radius 1 is 1.32 bits per heavy atom. The van der Waals surface area contributed by atoms with Crippen LogP contribution in [0.5, 0.6) is 11.5 Å². The predicted molar refractivity (Wildman–Crippen MR) is 80.9 cm³/mol. The Morgan fingerprint density at radius 3 is 2.63 bits per heavy atom. The lowest BCUT2D eigenvalue weighted by atomic mass is 10.2. The molecule has 3 nitrogen and oxygen atoms in total. The van der Waals surface area contributed by atoms with Crippen LogP contribution in [0.4, 0.5) is 0 Å². The van der Waals surface area contributed by atoms with Crippen molar-refractivity contribution in [2.24, 2.45) is 0 Å². The van der Waals surface area contributed by atoms with Gasteiger partial charge in [0.2, 0.25) is 0 Å². The van der Waals surface area contributed by atoms with E-state index >= 15 is 0 Å². The lowest BCUT2D eigenvalue weighted by molar-refractivity contribution is 0.223. The van der Waals surface area contributed by atoms with E-state index < -0.39 is 0 Å². The largest absolute Gasteiger partial charge is 0.490 e. The second-order valence-electron chi connectivity index (χ2n) is 5.15. The van der Waals surface area contributed by atoms with Gasteiger partial charge in [-0.2, -0.15) is 0 Å². The summed E-state index contributed by atoms with van der Waals surface area (Å²) in [6, 6.07) is 4.78. The van der Waals surface area contributed by atoms with Crippen LogP contribution in [-0.4, -0.2) is 18.8 Å². The van der Waals surface area contributed by atoms with E-state index in [0.29, 0.717) is 12.6 Å². The zero-order valence-electron chi connectivity index (χ0n) is 11.8. The van der Waals surface area contributed by atoms with E-state index in [1.165, 1.54) is 18.4 Å². The van der Waals surface area contributed by atoms with Crippen molar-refractivity contribution in [3.63, 3.8) is 0 Å². The zero-order valence-corrected chi connectivity index (χ0v) is 13.4. The first-order valence-electron chi connectivity index (χ1n) is 6.95. The monoisotopic (exact) mass is 327 g/mol. The maximum absolute atomic E-state index is 5.80. The van der Waals surface area contributed by atoms with Crippen LogP contribution in [0.1, 0.15) is 39.2 Å². The van der Waals surface area contributed by atoms with Gasteiger partial charge in [-0.1, -0.05) is 15.9 Å². The van der Waals surface area contributed by atoms with Gasteiger partial charge in [-0.3, -0.25) is 0 Å². The van der Waals surface area contributed by atoms with Gasteiger partial charge in [0.05, 0.1) is 12.7 Å². The highest BCUT2D eigenvalue weighted by Crippen LogP contribution is 2.35. The summed E-state index contributed by atoms with van der Waals surface area (Å²) in [5.74, 6) is 1.63. The molecule has 0 bridgehead atoms. The number of nitrogens with one attached hydrogen (secondary N) is 1. The molecule has 0 unspecified atom stereocenters. The van der Waals surface area contributed by atoms with Crippen molar-refractivity contribution in [1.82, 2.24) is 5.32 Å². The molecule has 0 heterocycles. The highest BCUT2D eigenvalue weighted by Gasteiger charge is 2.21. The molecule has 0 aliphatic heterocycles. The fourth-order valence-corrected chi connectivity index (χ4v) is 2.33. The Labute approximate surface area is 123 Å². The number of benzene rings is 1. The quantitative estimate of drug-likeness (QED) is 0.824.